The Kier molecular flexibility index (Phi) is 6.35. The van der Waals surface area contributed by atoms with Crippen LogP contribution in [0.3, 0.4) is 0 Å². The fraction of sp³-hybridized carbons (Fsp3) is 0.212. The number of pyridine rings is 3. The van der Waals surface area contributed by atoms with Crippen molar-refractivity contribution in [2.45, 2.75) is 32.2 Å². The van der Waals surface area contributed by atoms with Crippen molar-refractivity contribution < 1.29 is 0 Å². The Bertz CT molecular complexity index is 2020. The van der Waals surface area contributed by atoms with E-state index < -0.39 is 0 Å². The first-order valence-electron chi connectivity index (χ1n) is 14.3. The van der Waals surface area contributed by atoms with E-state index in [0.717, 1.165) is 82.1 Å². The third kappa shape index (κ3) is 4.75. The minimum Gasteiger partial charge on any atom is -0.378 e. The molecule has 1 aliphatic heterocycles. The molecule has 0 atom stereocenters. The van der Waals surface area contributed by atoms with Gasteiger partial charge in [0.2, 0.25) is 0 Å². The normalized spacial score (nSPS) is 14.6. The first-order valence-corrected chi connectivity index (χ1v) is 14.3. The summed E-state index contributed by atoms with van der Waals surface area (Å²) in [4.78, 5) is 11.7. The van der Waals surface area contributed by atoms with Crippen LogP contribution >= 0.6 is 0 Å². The van der Waals surface area contributed by atoms with Crippen molar-refractivity contribution in [3.8, 4) is 22.9 Å². The molecule has 0 amide bonds. The Morgan fingerprint density at radius 1 is 1.05 bits per heavy atom. The first kappa shape index (κ1) is 26.3. The van der Waals surface area contributed by atoms with Gasteiger partial charge >= 0.3 is 0 Å². The van der Waals surface area contributed by atoms with E-state index in [-0.39, 0.29) is 5.54 Å². The van der Waals surface area contributed by atoms with Gasteiger partial charge in [0, 0.05) is 42.1 Å². The maximum absolute atomic E-state index is 9.81. The van der Waals surface area contributed by atoms with E-state index in [9.17, 15) is 5.26 Å². The third-order valence-corrected chi connectivity index (χ3v) is 8.31. The number of nitrogens with one attached hydrogen (secondary N) is 1. The van der Waals surface area contributed by atoms with Crippen LogP contribution in [0.15, 0.2) is 86.0 Å². The highest BCUT2D eigenvalue weighted by molar-refractivity contribution is 5.86. The number of nitriles is 1. The molecular formula is C33H30N10. The molecule has 1 aliphatic rings. The summed E-state index contributed by atoms with van der Waals surface area (Å²) in [7, 11) is 0. The van der Waals surface area contributed by atoms with Gasteiger partial charge in [-0.25, -0.2) is 14.2 Å². The van der Waals surface area contributed by atoms with Crippen LogP contribution in [-0.4, -0.2) is 53.2 Å². The van der Waals surface area contributed by atoms with Gasteiger partial charge in [-0.15, -0.1) is 5.10 Å². The summed E-state index contributed by atoms with van der Waals surface area (Å²) >= 11 is 0. The van der Waals surface area contributed by atoms with Crippen LogP contribution in [0.25, 0.3) is 39.1 Å². The highest BCUT2D eigenvalue weighted by atomic mass is 15.4. The Morgan fingerprint density at radius 3 is 2.65 bits per heavy atom. The molecule has 43 heavy (non-hydrogen) atoms. The molecule has 5 aromatic heterocycles. The molecule has 0 aliphatic carbocycles. The van der Waals surface area contributed by atoms with Crippen LogP contribution < -0.4 is 10.2 Å². The molecule has 10 heteroatoms. The summed E-state index contributed by atoms with van der Waals surface area (Å²) in [6.45, 7) is 10.3. The lowest BCUT2D eigenvalue weighted by Gasteiger charge is -2.41. The monoisotopic (exact) mass is 566 g/mol. The van der Waals surface area contributed by atoms with E-state index in [4.69, 9.17) is 4.98 Å². The molecule has 0 radical (unpaired) electrons. The summed E-state index contributed by atoms with van der Waals surface area (Å²) in [6, 6.07) is 20.2. The molecular weight excluding hydrogens is 536 g/mol. The number of benzene rings is 1. The summed E-state index contributed by atoms with van der Waals surface area (Å²) in [5, 5.41) is 26.6. The number of aryl methyl sites for hydroxylation is 1. The summed E-state index contributed by atoms with van der Waals surface area (Å²) in [5.74, 6) is 0.925. The van der Waals surface area contributed by atoms with Crippen molar-refractivity contribution in [3.63, 3.8) is 0 Å². The number of nitrogens with zero attached hydrogens (tertiary/aromatic N) is 9. The zero-order chi connectivity index (χ0) is 29.6. The summed E-state index contributed by atoms with van der Waals surface area (Å²) in [6.07, 6.45) is 9.02. The molecule has 1 N–H and O–H groups in total. The lowest BCUT2D eigenvalue weighted by molar-refractivity contribution is 0.321. The number of para-hydroxylation sites is 1. The Balaban J connectivity index is 1.14. The average molecular weight is 567 g/mol. The number of fused-ring (bicyclic) bond motifs is 2. The zero-order valence-electron chi connectivity index (χ0n) is 24.1. The predicted molar refractivity (Wildman–Crippen MR) is 167 cm³/mol. The van der Waals surface area contributed by atoms with Gasteiger partial charge in [0.05, 0.1) is 46.1 Å². The van der Waals surface area contributed by atoms with Gasteiger partial charge < -0.3 is 10.2 Å². The molecule has 0 saturated carbocycles. The number of piperidine rings is 1. The number of hydrogen-bond donors (Lipinski definition) is 1. The largest absolute Gasteiger partial charge is 0.378 e. The number of aromatic nitrogens is 7. The fourth-order valence-corrected chi connectivity index (χ4v) is 5.90. The van der Waals surface area contributed by atoms with Gasteiger partial charge in [-0.2, -0.15) is 10.4 Å². The molecule has 1 aromatic carbocycles. The average Bonchev–Trinajstić information content (AvgIpc) is 3.65. The van der Waals surface area contributed by atoms with Gasteiger partial charge in [0.15, 0.2) is 0 Å². The summed E-state index contributed by atoms with van der Waals surface area (Å²) in [5.41, 5.74) is 8.26. The van der Waals surface area contributed by atoms with E-state index in [2.05, 4.69) is 75.3 Å². The van der Waals surface area contributed by atoms with Crippen LogP contribution in [0.2, 0.25) is 0 Å². The van der Waals surface area contributed by atoms with Crippen LogP contribution in [-0.2, 0) is 0 Å². The molecule has 212 valence electrons. The zero-order valence-corrected chi connectivity index (χ0v) is 24.1. The maximum Gasteiger partial charge on any atom is 0.128 e. The quantitative estimate of drug-likeness (QED) is 0.288. The van der Waals surface area contributed by atoms with Crippen LogP contribution in [0.1, 0.15) is 36.6 Å². The molecule has 0 bridgehead atoms. The topological polar surface area (TPSA) is 113 Å². The van der Waals surface area contributed by atoms with E-state index in [1.54, 1.807) is 21.6 Å². The van der Waals surface area contributed by atoms with Crippen LogP contribution in [0.4, 0.5) is 5.82 Å². The van der Waals surface area contributed by atoms with E-state index in [1.807, 2.05) is 48.8 Å². The Hall–Kier alpha value is -5.56. The molecule has 1 saturated heterocycles. The van der Waals surface area contributed by atoms with Crippen LogP contribution in [0, 0.1) is 18.3 Å². The van der Waals surface area contributed by atoms with Crippen molar-refractivity contribution in [2.24, 2.45) is 0 Å². The molecule has 7 rings (SSSR count). The van der Waals surface area contributed by atoms with E-state index in [1.165, 1.54) is 0 Å². The molecule has 6 aromatic rings. The lowest BCUT2D eigenvalue weighted by Crippen LogP contribution is -2.50. The van der Waals surface area contributed by atoms with Gasteiger partial charge in [-0.1, -0.05) is 30.0 Å². The van der Waals surface area contributed by atoms with Crippen molar-refractivity contribution in [2.75, 3.05) is 18.0 Å². The number of anilines is 1. The lowest BCUT2D eigenvalue weighted by atomic mass is 9.89. The van der Waals surface area contributed by atoms with Gasteiger partial charge in [-0.05, 0) is 68.7 Å². The fourth-order valence-electron chi connectivity index (χ4n) is 5.90. The minimum absolute atomic E-state index is 0.0786. The van der Waals surface area contributed by atoms with Gasteiger partial charge in [-0.3, -0.25) is 4.98 Å². The van der Waals surface area contributed by atoms with Crippen molar-refractivity contribution in [3.05, 3.63) is 103 Å². The van der Waals surface area contributed by atoms with Crippen molar-refractivity contribution in [1.82, 2.24) is 39.9 Å². The minimum atomic E-state index is -0.0786. The predicted octanol–water partition coefficient (Wildman–Crippen LogP) is 5.32. The third-order valence-electron chi connectivity index (χ3n) is 8.31. The molecule has 0 spiro atoms. The SMILES string of the molecule is C=C(NC1(C)CCN(c2ccc(-c3cc(-n4nnc5ccccc54)cn4ncc(C#N)c34)cn2)CC1)c1ncccc1C. The Labute approximate surface area is 248 Å². The highest BCUT2D eigenvalue weighted by Crippen LogP contribution is 2.32. The molecule has 10 nitrogen and oxygen atoms in total. The highest BCUT2D eigenvalue weighted by Gasteiger charge is 2.31. The molecule has 0 unspecified atom stereocenters. The van der Waals surface area contributed by atoms with E-state index >= 15 is 0 Å². The Morgan fingerprint density at radius 2 is 1.88 bits per heavy atom. The maximum atomic E-state index is 9.81. The van der Waals surface area contributed by atoms with Crippen molar-refractivity contribution in [1.29, 1.82) is 5.26 Å². The van der Waals surface area contributed by atoms with Crippen LogP contribution in [0.5, 0.6) is 0 Å². The molecule has 6 heterocycles. The number of rotatable bonds is 6. The smallest absolute Gasteiger partial charge is 0.128 e. The second-order valence-corrected chi connectivity index (χ2v) is 11.3. The molecule has 1 fully saturated rings. The van der Waals surface area contributed by atoms with Gasteiger partial charge in [0.1, 0.15) is 17.4 Å². The summed E-state index contributed by atoms with van der Waals surface area (Å²) < 4.78 is 3.52. The number of hydrogen-bond acceptors (Lipinski definition) is 8. The second kappa shape index (κ2) is 10.4. The van der Waals surface area contributed by atoms with Gasteiger partial charge in [0.25, 0.3) is 0 Å². The standard InChI is InChI=1S/C33H30N10/c1-22-7-6-14-35-31(22)23(2)38-33(3)12-15-41(16-13-33)30-11-10-24(19-36-30)27-17-26(21-42-32(27)25(18-34)20-37-42)43-29-9-5-4-8-28(29)39-40-43/h4-11,14,17,19-21,38H,2,12-13,15-16H2,1,3H3. The first-order chi connectivity index (χ1) is 20.9. The van der Waals surface area contributed by atoms with Crippen molar-refractivity contribution >= 4 is 28.1 Å². The second-order valence-electron chi connectivity index (χ2n) is 11.3. The van der Waals surface area contributed by atoms with E-state index in [0.29, 0.717) is 5.56 Å².